The molecule has 0 atom stereocenters. The maximum atomic E-state index is 11.2. The van der Waals surface area contributed by atoms with Crippen molar-refractivity contribution in [3.05, 3.63) is 66.0 Å². The number of benzene rings is 2. The van der Waals surface area contributed by atoms with Crippen LogP contribution in [0.3, 0.4) is 0 Å². The van der Waals surface area contributed by atoms with Gasteiger partial charge in [-0.15, -0.1) is 10.2 Å². The lowest BCUT2D eigenvalue weighted by Crippen LogP contribution is -2.15. The van der Waals surface area contributed by atoms with E-state index < -0.39 is 0 Å². The Labute approximate surface area is 163 Å². The van der Waals surface area contributed by atoms with Crippen molar-refractivity contribution < 1.29 is 4.79 Å². The van der Waals surface area contributed by atoms with E-state index in [9.17, 15) is 4.79 Å². The van der Waals surface area contributed by atoms with Gasteiger partial charge in [0.2, 0.25) is 5.91 Å². The van der Waals surface area contributed by atoms with E-state index in [1.54, 1.807) is 11.8 Å². The molecule has 5 nitrogen and oxygen atoms in total. The van der Waals surface area contributed by atoms with Crippen molar-refractivity contribution in [3.63, 3.8) is 0 Å². The molecule has 1 aromatic heterocycles. The summed E-state index contributed by atoms with van der Waals surface area (Å²) in [6.07, 6.45) is 2.62. The Kier molecular flexibility index (Phi) is 5.25. The highest BCUT2D eigenvalue weighted by Crippen LogP contribution is 2.40. The minimum atomic E-state index is -0.294. The third kappa shape index (κ3) is 4.39. The van der Waals surface area contributed by atoms with Crippen LogP contribution in [-0.2, 0) is 17.1 Å². The van der Waals surface area contributed by atoms with Crippen molar-refractivity contribution in [2.75, 3.05) is 0 Å². The molecule has 6 heteroatoms. The maximum absolute atomic E-state index is 11.2. The first kappa shape index (κ1) is 17.8. The molecule has 4 rings (SSSR count). The number of hydrogen-bond acceptors (Lipinski definition) is 4. The summed E-state index contributed by atoms with van der Waals surface area (Å²) in [4.78, 5) is 11.2. The summed E-state index contributed by atoms with van der Waals surface area (Å²) >= 11 is 1.66. The van der Waals surface area contributed by atoms with Crippen molar-refractivity contribution in [2.24, 2.45) is 5.73 Å². The minimum absolute atomic E-state index is 0.294. The van der Waals surface area contributed by atoms with Crippen LogP contribution >= 0.6 is 11.8 Å². The molecule has 0 aliphatic heterocycles. The summed E-state index contributed by atoms with van der Waals surface area (Å²) in [5.41, 5.74) is 8.99. The van der Waals surface area contributed by atoms with E-state index in [1.165, 1.54) is 16.7 Å². The lowest BCUT2D eigenvalue weighted by Gasteiger charge is -2.09. The van der Waals surface area contributed by atoms with Crippen LogP contribution in [0, 0.1) is 0 Å². The molecule has 1 heterocycles. The predicted octanol–water partition coefficient (Wildman–Crippen LogP) is 3.99. The van der Waals surface area contributed by atoms with E-state index in [4.69, 9.17) is 5.73 Å². The van der Waals surface area contributed by atoms with Crippen molar-refractivity contribution in [3.8, 4) is 11.1 Å². The zero-order valence-corrected chi connectivity index (χ0v) is 15.9. The number of carbonyl (C=O) groups is 1. The molecule has 0 unspecified atom stereocenters. The van der Waals surface area contributed by atoms with Gasteiger partial charge in [0.05, 0.1) is 0 Å². The number of rotatable bonds is 8. The molecule has 1 fully saturated rings. The third-order valence-corrected chi connectivity index (χ3v) is 5.74. The van der Waals surface area contributed by atoms with Gasteiger partial charge < -0.3 is 10.3 Å². The van der Waals surface area contributed by atoms with Gasteiger partial charge in [0, 0.05) is 24.6 Å². The Bertz CT molecular complexity index is 917. The zero-order chi connectivity index (χ0) is 18.6. The van der Waals surface area contributed by atoms with Gasteiger partial charge in [-0.05, 0) is 29.5 Å². The van der Waals surface area contributed by atoms with Gasteiger partial charge in [-0.1, -0.05) is 66.4 Å². The second kappa shape index (κ2) is 7.96. The summed E-state index contributed by atoms with van der Waals surface area (Å²) in [5, 5.41) is 9.59. The molecule has 2 N–H and O–H groups in total. The highest BCUT2D eigenvalue weighted by Gasteiger charge is 2.30. The standard InChI is InChI=1S/C21H22N4OS/c22-19(26)12-13-25-20(18-10-11-18)23-24-21(25)27-14-15-6-8-17(9-7-15)16-4-2-1-3-5-16/h1-9,18H,10-14H2,(H2,22,26). The Morgan fingerprint density at radius 1 is 1.04 bits per heavy atom. The van der Waals surface area contributed by atoms with Gasteiger partial charge in [-0.3, -0.25) is 4.79 Å². The average molecular weight is 379 g/mol. The monoisotopic (exact) mass is 378 g/mol. The van der Waals surface area contributed by atoms with Crippen LogP contribution in [-0.4, -0.2) is 20.7 Å². The van der Waals surface area contributed by atoms with E-state index in [1.807, 2.05) is 6.07 Å². The van der Waals surface area contributed by atoms with Crippen molar-refractivity contribution in [1.82, 2.24) is 14.8 Å². The Balaban J connectivity index is 1.44. The first-order valence-electron chi connectivity index (χ1n) is 9.19. The Morgan fingerprint density at radius 3 is 2.41 bits per heavy atom. The molecule has 1 aliphatic carbocycles. The van der Waals surface area contributed by atoms with E-state index in [0.29, 0.717) is 18.9 Å². The summed E-state index contributed by atoms with van der Waals surface area (Å²) < 4.78 is 2.07. The number of nitrogens with zero attached hydrogens (tertiary/aromatic N) is 3. The van der Waals surface area contributed by atoms with Gasteiger partial charge >= 0.3 is 0 Å². The van der Waals surface area contributed by atoms with Crippen LogP contribution in [0.5, 0.6) is 0 Å². The van der Waals surface area contributed by atoms with E-state index in [0.717, 1.165) is 29.6 Å². The van der Waals surface area contributed by atoms with E-state index in [-0.39, 0.29) is 5.91 Å². The van der Waals surface area contributed by atoms with E-state index >= 15 is 0 Å². The van der Waals surface area contributed by atoms with Crippen LogP contribution in [0.25, 0.3) is 11.1 Å². The normalized spacial score (nSPS) is 13.6. The SMILES string of the molecule is NC(=O)CCn1c(SCc2ccc(-c3ccccc3)cc2)nnc1C1CC1. The van der Waals surface area contributed by atoms with Crippen LogP contribution in [0.1, 0.15) is 36.6 Å². The topological polar surface area (TPSA) is 73.8 Å². The van der Waals surface area contributed by atoms with Crippen LogP contribution in [0.4, 0.5) is 0 Å². The van der Waals surface area contributed by atoms with Gasteiger partial charge in [0.15, 0.2) is 5.16 Å². The molecule has 0 spiro atoms. The molecule has 1 saturated carbocycles. The van der Waals surface area contributed by atoms with Gasteiger partial charge in [0.25, 0.3) is 0 Å². The lowest BCUT2D eigenvalue weighted by atomic mass is 10.0. The second-order valence-electron chi connectivity index (χ2n) is 6.83. The highest BCUT2D eigenvalue weighted by atomic mass is 32.2. The molecular formula is C21H22N4OS. The number of amides is 1. The van der Waals surface area contributed by atoms with Crippen molar-refractivity contribution in [1.29, 1.82) is 0 Å². The fourth-order valence-corrected chi connectivity index (χ4v) is 3.98. The number of aromatic nitrogens is 3. The van der Waals surface area contributed by atoms with Gasteiger partial charge in [0.1, 0.15) is 5.82 Å². The molecule has 2 aromatic carbocycles. The summed E-state index contributed by atoms with van der Waals surface area (Å²) in [6, 6.07) is 19.0. The van der Waals surface area contributed by atoms with Crippen LogP contribution in [0.2, 0.25) is 0 Å². The second-order valence-corrected chi connectivity index (χ2v) is 7.78. The first-order chi connectivity index (χ1) is 13.2. The number of primary amides is 1. The molecule has 27 heavy (non-hydrogen) atoms. The largest absolute Gasteiger partial charge is 0.370 e. The van der Waals surface area contributed by atoms with Gasteiger partial charge in [-0.2, -0.15) is 0 Å². The smallest absolute Gasteiger partial charge is 0.219 e. The van der Waals surface area contributed by atoms with Crippen molar-refractivity contribution in [2.45, 2.75) is 42.6 Å². The molecule has 3 aromatic rings. The zero-order valence-electron chi connectivity index (χ0n) is 15.0. The molecule has 0 bridgehead atoms. The number of hydrogen-bond donors (Lipinski definition) is 1. The third-order valence-electron chi connectivity index (χ3n) is 4.70. The summed E-state index contributed by atoms with van der Waals surface area (Å²) in [7, 11) is 0. The minimum Gasteiger partial charge on any atom is -0.370 e. The quantitative estimate of drug-likeness (QED) is 0.602. The number of nitrogens with two attached hydrogens (primary N) is 1. The molecule has 1 amide bonds. The molecule has 138 valence electrons. The molecule has 1 aliphatic rings. The van der Waals surface area contributed by atoms with Crippen molar-refractivity contribution >= 4 is 17.7 Å². The number of thioether (sulfide) groups is 1. The van der Waals surface area contributed by atoms with Crippen LogP contribution in [0.15, 0.2) is 59.8 Å². The highest BCUT2D eigenvalue weighted by molar-refractivity contribution is 7.98. The lowest BCUT2D eigenvalue weighted by molar-refractivity contribution is -0.118. The summed E-state index contributed by atoms with van der Waals surface area (Å²) in [6.45, 7) is 0.559. The molecule has 0 radical (unpaired) electrons. The predicted molar refractivity (Wildman–Crippen MR) is 107 cm³/mol. The Morgan fingerprint density at radius 2 is 1.74 bits per heavy atom. The molecular weight excluding hydrogens is 356 g/mol. The first-order valence-corrected chi connectivity index (χ1v) is 10.2. The summed E-state index contributed by atoms with van der Waals surface area (Å²) in [5.74, 6) is 2.01. The average Bonchev–Trinajstić information content (AvgIpc) is 3.46. The number of carbonyl (C=O) groups excluding carboxylic acids is 1. The fourth-order valence-electron chi connectivity index (χ4n) is 3.05. The maximum Gasteiger partial charge on any atom is 0.219 e. The Hall–Kier alpha value is -2.60. The van der Waals surface area contributed by atoms with Crippen LogP contribution < -0.4 is 5.73 Å². The molecule has 0 saturated heterocycles. The van der Waals surface area contributed by atoms with E-state index in [2.05, 4.69) is 63.3 Å². The fraction of sp³-hybridized carbons (Fsp3) is 0.286. The van der Waals surface area contributed by atoms with Gasteiger partial charge in [-0.25, -0.2) is 0 Å².